The van der Waals surface area contributed by atoms with Crippen molar-refractivity contribution in [2.24, 2.45) is 5.73 Å². The third kappa shape index (κ3) is 3.05. The van der Waals surface area contributed by atoms with E-state index in [4.69, 9.17) is 14.7 Å². The number of halogens is 4. The maximum absolute atomic E-state index is 13.6. The molecule has 0 unspecified atom stereocenters. The highest BCUT2D eigenvalue weighted by molar-refractivity contribution is 5.91. The van der Waals surface area contributed by atoms with Crippen LogP contribution >= 0.6 is 0 Å². The summed E-state index contributed by atoms with van der Waals surface area (Å²) < 4.78 is 64.8. The van der Waals surface area contributed by atoms with E-state index in [1.165, 1.54) is 30.3 Å². The predicted molar refractivity (Wildman–Crippen MR) is 94.7 cm³/mol. The van der Waals surface area contributed by atoms with Crippen molar-refractivity contribution in [3.05, 3.63) is 65.3 Å². The molecule has 2 aromatic heterocycles. The molecule has 4 nitrogen and oxygen atoms in total. The summed E-state index contributed by atoms with van der Waals surface area (Å²) >= 11 is 0. The molecule has 0 bridgehead atoms. The molecule has 0 fully saturated rings. The van der Waals surface area contributed by atoms with Crippen molar-refractivity contribution in [1.29, 1.82) is 0 Å². The lowest BCUT2D eigenvalue weighted by atomic mass is 9.96. The second-order valence-corrected chi connectivity index (χ2v) is 6.34. The fourth-order valence-corrected chi connectivity index (χ4v) is 3.17. The van der Waals surface area contributed by atoms with Crippen molar-refractivity contribution in [2.45, 2.75) is 19.6 Å². The van der Waals surface area contributed by atoms with Crippen LogP contribution in [0.4, 0.5) is 17.6 Å². The van der Waals surface area contributed by atoms with Gasteiger partial charge in [0.1, 0.15) is 17.2 Å². The Hall–Kier alpha value is -3.13. The highest BCUT2D eigenvalue weighted by Crippen LogP contribution is 2.42. The molecule has 0 atom stereocenters. The molecule has 0 saturated carbocycles. The van der Waals surface area contributed by atoms with E-state index in [1.807, 2.05) is 0 Å². The number of hydrogen-bond donors (Lipinski definition) is 1. The zero-order chi connectivity index (χ0) is 20.1. The Balaban J connectivity index is 1.98. The molecule has 2 aromatic carbocycles. The predicted octanol–water partition coefficient (Wildman–Crippen LogP) is 5.68. The number of aryl methyl sites for hydroxylation is 1. The second kappa shape index (κ2) is 6.49. The summed E-state index contributed by atoms with van der Waals surface area (Å²) in [6.07, 6.45) is -4.63. The Labute approximate surface area is 156 Å². The van der Waals surface area contributed by atoms with Crippen LogP contribution in [-0.2, 0) is 12.7 Å². The maximum Gasteiger partial charge on any atom is 0.420 e. The molecule has 0 saturated heterocycles. The monoisotopic (exact) mass is 390 g/mol. The highest BCUT2D eigenvalue weighted by Gasteiger charge is 2.35. The number of aromatic nitrogens is 1. The molecule has 8 heteroatoms. The summed E-state index contributed by atoms with van der Waals surface area (Å²) in [7, 11) is 0. The SMILES string of the molecule is Cc1noc(-c2ccc(F)cc2)c1-c1cc(C(F)(F)F)c2oc(CN)cc2c1. The van der Waals surface area contributed by atoms with Gasteiger partial charge in [0.25, 0.3) is 0 Å². The van der Waals surface area contributed by atoms with Gasteiger partial charge in [-0.1, -0.05) is 5.16 Å². The van der Waals surface area contributed by atoms with Gasteiger partial charge in [0.2, 0.25) is 0 Å². The number of rotatable bonds is 3. The third-order valence-electron chi connectivity index (χ3n) is 4.43. The lowest BCUT2D eigenvalue weighted by molar-refractivity contribution is -0.136. The molecule has 4 aromatic rings. The Kier molecular flexibility index (Phi) is 4.23. The molecule has 144 valence electrons. The number of benzene rings is 2. The zero-order valence-electron chi connectivity index (χ0n) is 14.6. The molecule has 0 radical (unpaired) electrons. The van der Waals surface area contributed by atoms with Crippen LogP contribution in [0.2, 0.25) is 0 Å². The number of hydrogen-bond acceptors (Lipinski definition) is 4. The van der Waals surface area contributed by atoms with Crippen molar-refractivity contribution in [3.8, 4) is 22.5 Å². The maximum atomic E-state index is 13.6. The normalized spacial score (nSPS) is 12.1. The summed E-state index contributed by atoms with van der Waals surface area (Å²) in [5.74, 6) is 0.0704. The zero-order valence-corrected chi connectivity index (χ0v) is 14.6. The van der Waals surface area contributed by atoms with E-state index in [9.17, 15) is 17.6 Å². The molecule has 4 rings (SSSR count). The fourth-order valence-electron chi connectivity index (χ4n) is 3.17. The standard InChI is InChI=1S/C20H14F4N2O2/c1-10-17(19(28-26-10)11-2-4-14(21)5-3-11)12-6-13-7-15(9-25)27-18(13)16(8-12)20(22,23)24/h2-8H,9,25H2,1H3. The van der Waals surface area contributed by atoms with E-state index in [0.29, 0.717) is 16.8 Å². The first kappa shape index (κ1) is 18.2. The van der Waals surface area contributed by atoms with E-state index in [2.05, 4.69) is 5.16 Å². The van der Waals surface area contributed by atoms with Gasteiger partial charge in [-0.05, 0) is 55.0 Å². The Bertz CT molecular complexity index is 1160. The first-order valence-corrected chi connectivity index (χ1v) is 8.34. The second-order valence-electron chi connectivity index (χ2n) is 6.34. The van der Waals surface area contributed by atoms with Crippen LogP contribution in [-0.4, -0.2) is 5.16 Å². The van der Waals surface area contributed by atoms with Gasteiger partial charge in [0, 0.05) is 10.9 Å². The topological polar surface area (TPSA) is 65.2 Å². The van der Waals surface area contributed by atoms with Gasteiger partial charge in [0.15, 0.2) is 5.76 Å². The number of nitrogens with zero attached hydrogens (tertiary/aromatic N) is 1. The Morgan fingerprint density at radius 3 is 2.39 bits per heavy atom. The summed E-state index contributed by atoms with van der Waals surface area (Å²) in [4.78, 5) is 0. The van der Waals surface area contributed by atoms with Gasteiger partial charge in [0.05, 0.1) is 23.4 Å². The van der Waals surface area contributed by atoms with Crippen LogP contribution < -0.4 is 5.73 Å². The summed E-state index contributed by atoms with van der Waals surface area (Å²) in [5, 5.41) is 4.17. The van der Waals surface area contributed by atoms with Crippen LogP contribution in [0.25, 0.3) is 33.4 Å². The summed E-state index contributed by atoms with van der Waals surface area (Å²) in [6, 6.07) is 9.49. The molecule has 2 N–H and O–H groups in total. The van der Waals surface area contributed by atoms with Crippen LogP contribution in [0.15, 0.2) is 51.4 Å². The van der Waals surface area contributed by atoms with Crippen molar-refractivity contribution in [3.63, 3.8) is 0 Å². The van der Waals surface area contributed by atoms with Crippen molar-refractivity contribution < 1.29 is 26.5 Å². The van der Waals surface area contributed by atoms with Crippen LogP contribution in [0.5, 0.6) is 0 Å². The minimum absolute atomic E-state index is 0.0194. The third-order valence-corrected chi connectivity index (χ3v) is 4.43. The molecule has 2 heterocycles. The molecule has 0 aliphatic rings. The Morgan fingerprint density at radius 2 is 1.75 bits per heavy atom. The number of furan rings is 1. The van der Waals surface area contributed by atoms with E-state index in [1.54, 1.807) is 13.0 Å². The minimum Gasteiger partial charge on any atom is -0.459 e. The van der Waals surface area contributed by atoms with Gasteiger partial charge >= 0.3 is 6.18 Å². The Morgan fingerprint density at radius 1 is 1.04 bits per heavy atom. The van der Waals surface area contributed by atoms with E-state index < -0.39 is 17.6 Å². The first-order valence-electron chi connectivity index (χ1n) is 8.34. The highest BCUT2D eigenvalue weighted by atomic mass is 19.4. The molecule has 0 aliphatic carbocycles. The number of nitrogens with two attached hydrogens (primary N) is 1. The van der Waals surface area contributed by atoms with E-state index >= 15 is 0 Å². The lowest BCUT2D eigenvalue weighted by Crippen LogP contribution is -2.05. The molecule has 28 heavy (non-hydrogen) atoms. The van der Waals surface area contributed by atoms with Gasteiger partial charge < -0.3 is 14.7 Å². The molecule has 0 amide bonds. The summed E-state index contributed by atoms with van der Waals surface area (Å²) in [5.41, 5.74) is 5.91. The van der Waals surface area contributed by atoms with Gasteiger partial charge in [-0.3, -0.25) is 0 Å². The van der Waals surface area contributed by atoms with Crippen molar-refractivity contribution in [1.82, 2.24) is 5.16 Å². The molecular weight excluding hydrogens is 376 g/mol. The quantitative estimate of drug-likeness (QED) is 0.457. The van der Waals surface area contributed by atoms with Gasteiger partial charge in [-0.2, -0.15) is 13.2 Å². The molecule has 0 spiro atoms. The van der Waals surface area contributed by atoms with Crippen molar-refractivity contribution in [2.75, 3.05) is 0 Å². The minimum atomic E-state index is -4.63. The fraction of sp³-hybridized carbons (Fsp3) is 0.150. The average Bonchev–Trinajstić information content (AvgIpc) is 3.23. The summed E-state index contributed by atoms with van der Waals surface area (Å²) in [6.45, 7) is 1.61. The number of alkyl halides is 3. The number of fused-ring (bicyclic) bond motifs is 1. The van der Waals surface area contributed by atoms with Crippen LogP contribution in [0.3, 0.4) is 0 Å². The van der Waals surface area contributed by atoms with Crippen molar-refractivity contribution >= 4 is 11.0 Å². The van der Waals surface area contributed by atoms with Gasteiger partial charge in [-0.25, -0.2) is 4.39 Å². The molecular formula is C20H14F4N2O2. The van der Waals surface area contributed by atoms with Crippen LogP contribution in [0, 0.1) is 12.7 Å². The molecule has 0 aliphatic heterocycles. The smallest absolute Gasteiger partial charge is 0.420 e. The largest absolute Gasteiger partial charge is 0.459 e. The van der Waals surface area contributed by atoms with Crippen LogP contribution in [0.1, 0.15) is 17.0 Å². The average molecular weight is 390 g/mol. The van der Waals surface area contributed by atoms with E-state index in [-0.39, 0.29) is 34.6 Å². The van der Waals surface area contributed by atoms with Gasteiger partial charge in [-0.15, -0.1) is 0 Å². The van der Waals surface area contributed by atoms with E-state index in [0.717, 1.165) is 6.07 Å². The first-order chi connectivity index (χ1) is 13.3. The lowest BCUT2D eigenvalue weighted by Gasteiger charge is -2.10.